The summed E-state index contributed by atoms with van der Waals surface area (Å²) in [6.45, 7) is 2.33. The molecular weight excluding hydrogens is 256 g/mol. The molecule has 0 aliphatic heterocycles. The number of furan rings is 1. The van der Waals surface area contributed by atoms with E-state index < -0.39 is 0 Å². The molecule has 0 fully saturated rings. The number of hydrogen-bond acceptors (Lipinski definition) is 3. The van der Waals surface area contributed by atoms with E-state index in [1.54, 1.807) is 19.4 Å². The van der Waals surface area contributed by atoms with Gasteiger partial charge in [0.25, 0.3) is 5.91 Å². The number of nitrogens with two attached hydrogens (primary N) is 1. The highest BCUT2D eigenvalue weighted by atomic mass is 16.5. The highest BCUT2D eigenvalue weighted by Gasteiger charge is 2.13. The number of benzene rings is 1. The first-order valence-corrected chi connectivity index (χ1v) is 6.49. The van der Waals surface area contributed by atoms with Crippen molar-refractivity contribution in [2.24, 2.45) is 0 Å². The maximum Gasteiger partial charge on any atom is 0.279 e. The summed E-state index contributed by atoms with van der Waals surface area (Å²) >= 11 is 0. The molecule has 106 valence electrons. The Kier molecular flexibility index (Phi) is 4.79. The van der Waals surface area contributed by atoms with E-state index in [0.29, 0.717) is 6.54 Å². The Morgan fingerprint density at radius 3 is 2.95 bits per heavy atom. The van der Waals surface area contributed by atoms with Gasteiger partial charge >= 0.3 is 0 Å². The van der Waals surface area contributed by atoms with Crippen LogP contribution in [0.15, 0.2) is 47.1 Å². The molecule has 1 atom stereocenters. The van der Waals surface area contributed by atoms with E-state index in [-0.39, 0.29) is 11.9 Å². The van der Waals surface area contributed by atoms with Gasteiger partial charge in [-0.15, -0.1) is 0 Å². The third kappa shape index (κ3) is 3.86. The Hall–Kier alpha value is -2.27. The normalized spacial score (nSPS) is 11.9. The summed E-state index contributed by atoms with van der Waals surface area (Å²) in [5.41, 5.74) is 0.730. The first kappa shape index (κ1) is 14.1. The van der Waals surface area contributed by atoms with Crippen LogP contribution in [0.2, 0.25) is 0 Å². The van der Waals surface area contributed by atoms with Crippen molar-refractivity contribution in [3.8, 4) is 5.75 Å². The smallest absolute Gasteiger partial charge is 0.279 e. The van der Waals surface area contributed by atoms with Crippen LogP contribution in [0.4, 0.5) is 5.69 Å². The van der Waals surface area contributed by atoms with Crippen molar-refractivity contribution in [1.29, 1.82) is 0 Å². The fraction of sp³-hybridized carbons (Fsp3) is 0.267. The molecule has 0 bridgehead atoms. The molecule has 5 heteroatoms. The summed E-state index contributed by atoms with van der Waals surface area (Å²) in [5, 5.41) is 4.76. The van der Waals surface area contributed by atoms with E-state index in [4.69, 9.17) is 9.15 Å². The number of quaternary nitrogens is 1. The molecule has 1 heterocycles. The predicted molar refractivity (Wildman–Crippen MR) is 75.5 cm³/mol. The molecule has 0 saturated heterocycles. The second-order valence-electron chi connectivity index (χ2n) is 4.52. The van der Waals surface area contributed by atoms with Crippen molar-refractivity contribution >= 4 is 11.6 Å². The fourth-order valence-electron chi connectivity index (χ4n) is 1.86. The zero-order valence-corrected chi connectivity index (χ0v) is 11.6. The lowest BCUT2D eigenvalue weighted by molar-refractivity contribution is -0.684. The molecule has 1 amide bonds. The SMILES string of the molecule is COc1cccc(NC(=O)C[NH2+][C@@H](C)c2ccco2)c1. The van der Waals surface area contributed by atoms with Crippen LogP contribution in [0, 0.1) is 0 Å². The summed E-state index contributed by atoms with van der Waals surface area (Å²) in [4.78, 5) is 11.9. The average molecular weight is 275 g/mol. The van der Waals surface area contributed by atoms with Gasteiger partial charge in [0, 0.05) is 11.8 Å². The first-order chi connectivity index (χ1) is 9.69. The van der Waals surface area contributed by atoms with E-state index in [0.717, 1.165) is 17.2 Å². The van der Waals surface area contributed by atoms with Gasteiger partial charge in [0.05, 0.1) is 13.4 Å². The Balaban J connectivity index is 1.83. The van der Waals surface area contributed by atoms with Crippen LogP contribution in [-0.4, -0.2) is 19.6 Å². The topological polar surface area (TPSA) is 68.1 Å². The lowest BCUT2D eigenvalue weighted by Gasteiger charge is -2.09. The molecule has 1 aromatic heterocycles. The van der Waals surface area contributed by atoms with Gasteiger partial charge in [-0.3, -0.25) is 4.79 Å². The second-order valence-corrected chi connectivity index (χ2v) is 4.52. The average Bonchev–Trinajstić information content (AvgIpc) is 2.99. The van der Waals surface area contributed by atoms with Gasteiger partial charge in [-0.05, 0) is 31.2 Å². The molecule has 0 spiro atoms. The molecule has 1 aromatic carbocycles. The molecule has 2 aromatic rings. The Morgan fingerprint density at radius 2 is 2.25 bits per heavy atom. The molecule has 0 unspecified atom stereocenters. The molecule has 2 rings (SSSR count). The number of anilines is 1. The molecule has 0 aliphatic rings. The van der Waals surface area contributed by atoms with Gasteiger partial charge in [-0.1, -0.05) is 6.07 Å². The van der Waals surface area contributed by atoms with Crippen LogP contribution < -0.4 is 15.4 Å². The van der Waals surface area contributed by atoms with Crippen LogP contribution in [0.3, 0.4) is 0 Å². The maximum atomic E-state index is 11.9. The standard InChI is InChI=1S/C15H18N2O3/c1-11(14-7-4-8-20-14)16-10-15(18)17-12-5-3-6-13(9-12)19-2/h3-9,11,16H,10H2,1-2H3,(H,17,18)/p+1/t11-/m0/s1. The van der Waals surface area contributed by atoms with Crippen LogP contribution in [0.1, 0.15) is 18.7 Å². The number of amides is 1. The van der Waals surface area contributed by atoms with E-state index in [1.807, 2.05) is 42.6 Å². The summed E-state index contributed by atoms with van der Waals surface area (Å²) in [5.74, 6) is 1.52. The number of hydrogen-bond donors (Lipinski definition) is 2. The van der Waals surface area contributed by atoms with Crippen LogP contribution in [0.5, 0.6) is 5.75 Å². The summed E-state index contributed by atoms with van der Waals surface area (Å²) in [6.07, 6.45) is 1.63. The van der Waals surface area contributed by atoms with Crippen LogP contribution in [-0.2, 0) is 4.79 Å². The highest BCUT2D eigenvalue weighted by Crippen LogP contribution is 2.16. The number of nitrogens with one attached hydrogen (secondary N) is 1. The van der Waals surface area contributed by atoms with E-state index in [9.17, 15) is 4.79 Å². The summed E-state index contributed by atoms with van der Waals surface area (Å²) in [7, 11) is 1.60. The summed E-state index contributed by atoms with van der Waals surface area (Å²) in [6, 6.07) is 11.1. The fourth-order valence-corrected chi connectivity index (χ4v) is 1.86. The second kappa shape index (κ2) is 6.77. The van der Waals surface area contributed by atoms with Crippen LogP contribution in [0.25, 0.3) is 0 Å². The number of carbonyl (C=O) groups excluding carboxylic acids is 1. The number of carbonyl (C=O) groups is 1. The zero-order valence-electron chi connectivity index (χ0n) is 11.6. The Labute approximate surface area is 117 Å². The van der Waals surface area contributed by atoms with Gasteiger partial charge in [0.2, 0.25) is 0 Å². The quantitative estimate of drug-likeness (QED) is 0.840. The number of rotatable bonds is 6. The number of methoxy groups -OCH3 is 1. The minimum Gasteiger partial charge on any atom is -0.497 e. The first-order valence-electron chi connectivity index (χ1n) is 6.49. The maximum absolute atomic E-state index is 11.9. The van der Waals surface area contributed by atoms with Gasteiger partial charge in [0.1, 0.15) is 11.8 Å². The molecule has 0 saturated carbocycles. The molecular formula is C15H19N2O3+. The lowest BCUT2D eigenvalue weighted by atomic mass is 10.2. The van der Waals surface area contributed by atoms with Crippen molar-refractivity contribution in [2.75, 3.05) is 19.0 Å². The predicted octanol–water partition coefficient (Wildman–Crippen LogP) is 1.55. The zero-order chi connectivity index (χ0) is 14.4. The lowest BCUT2D eigenvalue weighted by Crippen LogP contribution is -2.86. The minimum atomic E-state index is -0.0586. The van der Waals surface area contributed by atoms with Gasteiger partial charge < -0.3 is 19.8 Å². The van der Waals surface area contributed by atoms with E-state index in [1.165, 1.54) is 0 Å². The van der Waals surface area contributed by atoms with Crippen molar-refractivity contribution in [3.63, 3.8) is 0 Å². The third-order valence-electron chi connectivity index (χ3n) is 3.00. The van der Waals surface area contributed by atoms with Crippen LogP contribution >= 0.6 is 0 Å². The monoisotopic (exact) mass is 275 g/mol. The summed E-state index contributed by atoms with van der Waals surface area (Å²) < 4.78 is 10.4. The number of ether oxygens (including phenoxy) is 1. The Morgan fingerprint density at radius 1 is 1.40 bits per heavy atom. The van der Waals surface area contributed by atoms with Crippen molar-refractivity contribution in [3.05, 3.63) is 48.4 Å². The molecule has 5 nitrogen and oxygen atoms in total. The van der Waals surface area contributed by atoms with E-state index in [2.05, 4.69) is 5.32 Å². The van der Waals surface area contributed by atoms with Crippen molar-refractivity contribution in [1.82, 2.24) is 0 Å². The van der Waals surface area contributed by atoms with Gasteiger partial charge in [-0.2, -0.15) is 0 Å². The van der Waals surface area contributed by atoms with Gasteiger partial charge in [0.15, 0.2) is 12.3 Å². The molecule has 0 radical (unpaired) electrons. The Bertz CT molecular complexity index is 552. The largest absolute Gasteiger partial charge is 0.497 e. The van der Waals surface area contributed by atoms with Crippen molar-refractivity contribution in [2.45, 2.75) is 13.0 Å². The van der Waals surface area contributed by atoms with Crippen molar-refractivity contribution < 1.29 is 19.3 Å². The van der Waals surface area contributed by atoms with Gasteiger partial charge in [-0.25, -0.2) is 0 Å². The molecule has 3 N–H and O–H groups in total. The molecule has 0 aliphatic carbocycles. The third-order valence-corrected chi connectivity index (χ3v) is 3.00. The highest BCUT2D eigenvalue weighted by molar-refractivity contribution is 5.91. The molecule has 20 heavy (non-hydrogen) atoms. The van der Waals surface area contributed by atoms with E-state index >= 15 is 0 Å². The minimum absolute atomic E-state index is 0.0586.